The van der Waals surface area contributed by atoms with E-state index in [9.17, 15) is 14.7 Å². The van der Waals surface area contributed by atoms with E-state index in [2.05, 4.69) is 5.32 Å². The first-order valence-corrected chi connectivity index (χ1v) is 6.78. The molecular weight excluding hydrogens is 270 g/mol. The van der Waals surface area contributed by atoms with E-state index >= 15 is 0 Å². The van der Waals surface area contributed by atoms with Crippen LogP contribution in [0.15, 0.2) is 53.1 Å². The van der Waals surface area contributed by atoms with Gasteiger partial charge in [-0.1, -0.05) is 30.3 Å². The van der Waals surface area contributed by atoms with E-state index in [1.54, 1.807) is 42.7 Å². The molecule has 1 heterocycles. The number of hydrogen-bond donors (Lipinski definition) is 2. The first kappa shape index (κ1) is 13.4. The SMILES string of the molecule is O=C(O)[C@H](NC(=O)[C@@H]1C[C@@H]1c1ccco1)c1ccccc1. The minimum Gasteiger partial charge on any atom is -0.479 e. The van der Waals surface area contributed by atoms with Crippen LogP contribution in [0.25, 0.3) is 0 Å². The Kier molecular flexibility index (Phi) is 3.48. The Hall–Kier alpha value is -2.56. The molecule has 1 aromatic carbocycles. The lowest BCUT2D eigenvalue weighted by atomic mass is 10.1. The molecule has 5 nitrogen and oxygen atoms in total. The van der Waals surface area contributed by atoms with Gasteiger partial charge in [0, 0.05) is 11.8 Å². The molecule has 5 heteroatoms. The standard InChI is InChI=1S/C16H15NO4/c18-15(12-9-11(12)13-7-4-8-21-13)17-14(16(19)20)10-5-2-1-3-6-10/h1-8,11-12,14H,9H2,(H,17,18)(H,19,20)/t11-,12+,14+/m0/s1. The summed E-state index contributed by atoms with van der Waals surface area (Å²) in [5.74, 6) is -0.675. The lowest BCUT2D eigenvalue weighted by Gasteiger charge is -2.14. The summed E-state index contributed by atoms with van der Waals surface area (Å²) in [6.45, 7) is 0. The van der Waals surface area contributed by atoms with Crippen molar-refractivity contribution in [1.29, 1.82) is 0 Å². The first-order valence-electron chi connectivity index (χ1n) is 6.78. The first-order chi connectivity index (χ1) is 10.2. The molecule has 1 aliphatic carbocycles. The van der Waals surface area contributed by atoms with Crippen LogP contribution in [0.3, 0.4) is 0 Å². The summed E-state index contributed by atoms with van der Waals surface area (Å²) in [4.78, 5) is 23.5. The molecule has 0 bridgehead atoms. The van der Waals surface area contributed by atoms with Gasteiger partial charge in [-0.05, 0) is 24.1 Å². The number of furan rings is 1. The molecule has 0 saturated heterocycles. The van der Waals surface area contributed by atoms with Gasteiger partial charge in [-0.15, -0.1) is 0 Å². The second-order valence-electron chi connectivity index (χ2n) is 5.15. The van der Waals surface area contributed by atoms with Crippen LogP contribution < -0.4 is 5.32 Å². The number of nitrogens with one attached hydrogen (secondary N) is 1. The predicted molar refractivity (Wildman–Crippen MR) is 74.5 cm³/mol. The fourth-order valence-corrected chi connectivity index (χ4v) is 2.48. The number of amides is 1. The maximum absolute atomic E-state index is 12.2. The molecule has 1 fully saturated rings. The molecular formula is C16H15NO4. The molecule has 2 aromatic rings. The molecule has 0 aliphatic heterocycles. The molecule has 0 radical (unpaired) electrons. The molecule has 1 aliphatic rings. The van der Waals surface area contributed by atoms with Gasteiger partial charge in [0.05, 0.1) is 6.26 Å². The topological polar surface area (TPSA) is 79.5 Å². The van der Waals surface area contributed by atoms with Crippen molar-refractivity contribution in [2.75, 3.05) is 0 Å². The number of hydrogen-bond acceptors (Lipinski definition) is 3. The number of carbonyl (C=O) groups excluding carboxylic acids is 1. The summed E-state index contributed by atoms with van der Waals surface area (Å²) in [5, 5.41) is 11.9. The van der Waals surface area contributed by atoms with E-state index in [-0.39, 0.29) is 17.7 Å². The van der Waals surface area contributed by atoms with Gasteiger partial charge in [-0.3, -0.25) is 4.79 Å². The van der Waals surface area contributed by atoms with Crippen molar-refractivity contribution in [3.63, 3.8) is 0 Å². The molecule has 0 spiro atoms. The van der Waals surface area contributed by atoms with Gasteiger partial charge in [-0.2, -0.15) is 0 Å². The Balaban J connectivity index is 1.67. The molecule has 3 rings (SSSR count). The Labute approximate surface area is 121 Å². The second kappa shape index (κ2) is 5.44. The number of carbonyl (C=O) groups is 2. The van der Waals surface area contributed by atoms with E-state index < -0.39 is 12.0 Å². The lowest BCUT2D eigenvalue weighted by molar-refractivity contribution is -0.142. The highest BCUT2D eigenvalue weighted by Gasteiger charge is 2.46. The van der Waals surface area contributed by atoms with Gasteiger partial charge in [0.2, 0.25) is 5.91 Å². The lowest BCUT2D eigenvalue weighted by Crippen LogP contribution is -2.34. The molecule has 2 N–H and O–H groups in total. The summed E-state index contributed by atoms with van der Waals surface area (Å²) >= 11 is 0. The average Bonchev–Trinajstić information content (AvgIpc) is 3.11. The maximum atomic E-state index is 12.2. The summed E-state index contributed by atoms with van der Waals surface area (Å²) in [6.07, 6.45) is 2.27. The fourth-order valence-electron chi connectivity index (χ4n) is 2.48. The van der Waals surface area contributed by atoms with E-state index in [4.69, 9.17) is 4.42 Å². The number of benzene rings is 1. The third kappa shape index (κ3) is 2.81. The van der Waals surface area contributed by atoms with Crippen molar-refractivity contribution in [3.8, 4) is 0 Å². The smallest absolute Gasteiger partial charge is 0.330 e. The fraction of sp³-hybridized carbons (Fsp3) is 0.250. The molecule has 1 amide bonds. The highest BCUT2D eigenvalue weighted by molar-refractivity contribution is 5.88. The van der Waals surface area contributed by atoms with Crippen LogP contribution in [0.5, 0.6) is 0 Å². The van der Waals surface area contributed by atoms with Crippen LogP contribution in [-0.2, 0) is 9.59 Å². The quantitative estimate of drug-likeness (QED) is 0.883. The van der Waals surface area contributed by atoms with Gasteiger partial charge in [-0.25, -0.2) is 4.79 Å². The Bertz CT molecular complexity index is 636. The molecule has 21 heavy (non-hydrogen) atoms. The number of carboxylic acids is 1. The maximum Gasteiger partial charge on any atom is 0.330 e. The van der Waals surface area contributed by atoms with Crippen molar-refractivity contribution in [1.82, 2.24) is 5.32 Å². The van der Waals surface area contributed by atoms with Crippen molar-refractivity contribution in [2.24, 2.45) is 5.92 Å². The van der Waals surface area contributed by atoms with Crippen LogP contribution in [0, 0.1) is 5.92 Å². The van der Waals surface area contributed by atoms with Crippen LogP contribution in [0.4, 0.5) is 0 Å². The summed E-state index contributed by atoms with van der Waals surface area (Å²) in [7, 11) is 0. The largest absolute Gasteiger partial charge is 0.479 e. The highest BCUT2D eigenvalue weighted by Crippen LogP contribution is 2.47. The van der Waals surface area contributed by atoms with E-state index in [1.165, 1.54) is 0 Å². The number of carboxylic acid groups (broad SMARTS) is 1. The van der Waals surface area contributed by atoms with Gasteiger partial charge >= 0.3 is 5.97 Å². The van der Waals surface area contributed by atoms with E-state index in [0.29, 0.717) is 12.0 Å². The minimum absolute atomic E-state index is 0.0604. The second-order valence-corrected chi connectivity index (χ2v) is 5.15. The predicted octanol–water partition coefficient (Wildman–Crippen LogP) is 2.33. The summed E-state index contributed by atoms with van der Waals surface area (Å²) in [6, 6.07) is 11.3. The number of rotatable bonds is 5. The monoisotopic (exact) mass is 285 g/mol. The van der Waals surface area contributed by atoms with Crippen molar-refractivity contribution >= 4 is 11.9 Å². The zero-order valence-corrected chi connectivity index (χ0v) is 11.2. The molecule has 1 saturated carbocycles. The summed E-state index contributed by atoms with van der Waals surface area (Å²) < 4.78 is 5.28. The highest BCUT2D eigenvalue weighted by atomic mass is 16.4. The Morgan fingerprint density at radius 1 is 1.19 bits per heavy atom. The van der Waals surface area contributed by atoms with Crippen molar-refractivity contribution in [2.45, 2.75) is 18.4 Å². The van der Waals surface area contributed by atoms with Crippen LogP contribution in [-0.4, -0.2) is 17.0 Å². The van der Waals surface area contributed by atoms with Gasteiger partial charge < -0.3 is 14.8 Å². The zero-order valence-electron chi connectivity index (χ0n) is 11.2. The third-order valence-electron chi connectivity index (χ3n) is 3.70. The van der Waals surface area contributed by atoms with Crippen LogP contribution >= 0.6 is 0 Å². The number of aliphatic carboxylic acids is 1. The summed E-state index contributed by atoms with van der Waals surface area (Å²) in [5.41, 5.74) is 0.563. The van der Waals surface area contributed by atoms with Crippen molar-refractivity contribution < 1.29 is 19.1 Å². The molecule has 1 aromatic heterocycles. The van der Waals surface area contributed by atoms with E-state index in [1.807, 2.05) is 6.07 Å². The van der Waals surface area contributed by atoms with Crippen LogP contribution in [0.2, 0.25) is 0 Å². The minimum atomic E-state index is -1.07. The average molecular weight is 285 g/mol. The van der Waals surface area contributed by atoms with Gasteiger partial charge in [0.25, 0.3) is 0 Å². The third-order valence-corrected chi connectivity index (χ3v) is 3.70. The molecule has 3 atom stereocenters. The van der Waals surface area contributed by atoms with Crippen molar-refractivity contribution in [3.05, 3.63) is 60.1 Å². The zero-order chi connectivity index (χ0) is 14.8. The van der Waals surface area contributed by atoms with E-state index in [0.717, 1.165) is 5.76 Å². The van der Waals surface area contributed by atoms with Gasteiger partial charge in [0.1, 0.15) is 5.76 Å². The Morgan fingerprint density at radius 2 is 1.95 bits per heavy atom. The normalized spacial score (nSPS) is 21.5. The van der Waals surface area contributed by atoms with Gasteiger partial charge in [0.15, 0.2) is 6.04 Å². The molecule has 0 unspecified atom stereocenters. The Morgan fingerprint density at radius 3 is 2.57 bits per heavy atom. The van der Waals surface area contributed by atoms with Crippen LogP contribution in [0.1, 0.15) is 29.7 Å². The molecule has 108 valence electrons.